The number of carboxylic acids is 1. The first-order valence-corrected chi connectivity index (χ1v) is 5.24. The number of carboxylic acid groups (broad SMARTS) is 1. The van der Waals surface area contributed by atoms with Crippen LogP contribution in [0.2, 0.25) is 0 Å². The van der Waals surface area contributed by atoms with Gasteiger partial charge in [0.2, 0.25) is 0 Å². The van der Waals surface area contributed by atoms with Gasteiger partial charge in [0.15, 0.2) is 0 Å². The lowest BCUT2D eigenvalue weighted by Gasteiger charge is -2.11. The molecule has 6 heteroatoms. The van der Waals surface area contributed by atoms with Crippen molar-refractivity contribution in [3.05, 3.63) is 39.9 Å². The van der Waals surface area contributed by atoms with Crippen LogP contribution in [0, 0.1) is 10.1 Å². The molecule has 0 radical (unpaired) electrons. The van der Waals surface area contributed by atoms with Crippen LogP contribution in [0.5, 0.6) is 0 Å². The third-order valence-corrected chi connectivity index (χ3v) is 2.43. The molecule has 2 N–H and O–H groups in total. The number of para-hydroxylation sites is 1. The number of nitro benzene ring substituents is 1. The van der Waals surface area contributed by atoms with E-state index in [4.69, 9.17) is 5.11 Å². The van der Waals surface area contributed by atoms with Crippen molar-refractivity contribution in [2.45, 2.75) is 25.9 Å². The molecule has 0 saturated carbocycles. The number of rotatable bonds is 6. The Morgan fingerprint density at radius 2 is 2.18 bits per heavy atom. The van der Waals surface area contributed by atoms with Gasteiger partial charge in [0.1, 0.15) is 6.04 Å². The van der Waals surface area contributed by atoms with Crippen molar-refractivity contribution in [2.24, 2.45) is 0 Å². The highest BCUT2D eigenvalue weighted by Gasteiger charge is 2.17. The molecule has 0 aliphatic rings. The van der Waals surface area contributed by atoms with Crippen molar-refractivity contribution in [3.63, 3.8) is 0 Å². The average Bonchev–Trinajstić information content (AvgIpc) is 2.29. The molecule has 1 aromatic carbocycles. The molecular weight excluding hydrogens is 224 g/mol. The lowest BCUT2D eigenvalue weighted by atomic mass is 10.1. The van der Waals surface area contributed by atoms with E-state index in [9.17, 15) is 14.9 Å². The third-order valence-electron chi connectivity index (χ3n) is 2.43. The van der Waals surface area contributed by atoms with Crippen molar-refractivity contribution in [1.29, 1.82) is 0 Å². The van der Waals surface area contributed by atoms with Crippen LogP contribution in [0.1, 0.15) is 18.9 Å². The summed E-state index contributed by atoms with van der Waals surface area (Å²) in [5.41, 5.74) is 0.484. The fourth-order valence-corrected chi connectivity index (χ4v) is 1.48. The van der Waals surface area contributed by atoms with E-state index in [0.29, 0.717) is 12.0 Å². The number of hydrogen-bond acceptors (Lipinski definition) is 4. The van der Waals surface area contributed by atoms with Gasteiger partial charge in [-0.2, -0.15) is 0 Å². The molecule has 0 aliphatic heterocycles. The van der Waals surface area contributed by atoms with Crippen LogP contribution in [0.3, 0.4) is 0 Å². The predicted molar refractivity (Wildman–Crippen MR) is 61.7 cm³/mol. The zero-order valence-electron chi connectivity index (χ0n) is 9.42. The first-order chi connectivity index (χ1) is 8.06. The van der Waals surface area contributed by atoms with E-state index in [1.807, 2.05) is 0 Å². The minimum absolute atomic E-state index is 0.000224. The van der Waals surface area contributed by atoms with E-state index in [1.165, 1.54) is 6.07 Å². The highest BCUT2D eigenvalue weighted by molar-refractivity contribution is 5.73. The Hall–Kier alpha value is -1.95. The second-order valence-corrected chi connectivity index (χ2v) is 3.57. The topological polar surface area (TPSA) is 92.5 Å². The summed E-state index contributed by atoms with van der Waals surface area (Å²) in [5, 5.41) is 22.3. The van der Waals surface area contributed by atoms with Crippen LogP contribution in [-0.2, 0) is 11.3 Å². The summed E-state index contributed by atoms with van der Waals surface area (Å²) in [6, 6.07) is 5.59. The highest BCUT2D eigenvalue weighted by atomic mass is 16.6. The molecule has 1 atom stereocenters. The second-order valence-electron chi connectivity index (χ2n) is 3.57. The van der Waals surface area contributed by atoms with Gasteiger partial charge < -0.3 is 10.4 Å². The van der Waals surface area contributed by atoms with E-state index < -0.39 is 16.9 Å². The summed E-state index contributed by atoms with van der Waals surface area (Å²) in [6.07, 6.45) is 0.427. The largest absolute Gasteiger partial charge is 0.480 e. The van der Waals surface area contributed by atoms with Gasteiger partial charge in [0, 0.05) is 18.2 Å². The van der Waals surface area contributed by atoms with Gasteiger partial charge in [-0.25, -0.2) is 0 Å². The van der Waals surface area contributed by atoms with Crippen LogP contribution in [0.15, 0.2) is 24.3 Å². The standard InChI is InChI=1S/C11H14N2O4/c1-2-9(11(14)15)12-7-8-5-3-4-6-10(8)13(16)17/h3-6,9,12H,2,7H2,1H3,(H,14,15). The zero-order chi connectivity index (χ0) is 12.8. The SMILES string of the molecule is CCC(NCc1ccccc1[N+](=O)[O-])C(=O)O. The number of nitrogens with zero attached hydrogens (tertiary/aromatic N) is 1. The predicted octanol–water partition coefficient (Wildman–Crippen LogP) is 1.55. The van der Waals surface area contributed by atoms with Crippen molar-refractivity contribution >= 4 is 11.7 Å². The third kappa shape index (κ3) is 3.53. The Labute approximate surface area is 98.4 Å². The molecule has 0 amide bonds. The summed E-state index contributed by atoms with van der Waals surface area (Å²) in [7, 11) is 0. The molecule has 92 valence electrons. The summed E-state index contributed by atoms with van der Waals surface area (Å²) >= 11 is 0. The maximum atomic E-state index is 10.8. The molecule has 17 heavy (non-hydrogen) atoms. The molecule has 0 bridgehead atoms. The van der Waals surface area contributed by atoms with Crippen LogP contribution >= 0.6 is 0 Å². The molecule has 0 fully saturated rings. The van der Waals surface area contributed by atoms with Crippen LogP contribution in [0.4, 0.5) is 5.69 Å². The van der Waals surface area contributed by atoms with Crippen molar-refractivity contribution in [2.75, 3.05) is 0 Å². The number of aliphatic carboxylic acids is 1. The zero-order valence-corrected chi connectivity index (χ0v) is 9.42. The van der Waals surface area contributed by atoms with Gasteiger partial charge in [-0.1, -0.05) is 25.1 Å². The average molecular weight is 238 g/mol. The van der Waals surface area contributed by atoms with Crippen LogP contribution in [-0.4, -0.2) is 22.0 Å². The monoisotopic (exact) mass is 238 g/mol. The maximum absolute atomic E-state index is 10.8. The summed E-state index contributed by atoms with van der Waals surface area (Å²) in [4.78, 5) is 21.0. The first-order valence-electron chi connectivity index (χ1n) is 5.24. The molecule has 1 unspecified atom stereocenters. The van der Waals surface area contributed by atoms with Crippen LogP contribution in [0.25, 0.3) is 0 Å². The normalized spacial score (nSPS) is 12.1. The summed E-state index contributed by atoms with van der Waals surface area (Å²) < 4.78 is 0. The number of benzene rings is 1. The number of nitro groups is 1. The Bertz CT molecular complexity index is 420. The second kappa shape index (κ2) is 5.95. The molecule has 0 aliphatic carbocycles. The molecule has 1 aromatic rings. The molecule has 0 aromatic heterocycles. The Morgan fingerprint density at radius 1 is 1.53 bits per heavy atom. The minimum atomic E-state index is -0.953. The van der Waals surface area contributed by atoms with Gasteiger partial charge in [0.05, 0.1) is 4.92 Å². The number of carbonyl (C=O) groups is 1. The first kappa shape index (κ1) is 13.1. The molecule has 1 rings (SSSR count). The fraction of sp³-hybridized carbons (Fsp3) is 0.364. The Kier molecular flexibility index (Phi) is 4.59. The van der Waals surface area contributed by atoms with E-state index in [1.54, 1.807) is 25.1 Å². The van der Waals surface area contributed by atoms with Crippen LogP contribution < -0.4 is 5.32 Å². The lowest BCUT2D eigenvalue weighted by Crippen LogP contribution is -2.35. The minimum Gasteiger partial charge on any atom is -0.480 e. The fourth-order valence-electron chi connectivity index (χ4n) is 1.48. The Balaban J connectivity index is 2.75. The highest BCUT2D eigenvalue weighted by Crippen LogP contribution is 2.17. The molecule has 0 saturated heterocycles. The number of nitrogens with one attached hydrogen (secondary N) is 1. The van der Waals surface area contributed by atoms with Gasteiger partial charge >= 0.3 is 5.97 Å². The van der Waals surface area contributed by atoms with Crippen molar-refractivity contribution in [3.8, 4) is 0 Å². The van der Waals surface area contributed by atoms with Gasteiger partial charge in [-0.05, 0) is 6.42 Å². The van der Waals surface area contributed by atoms with Gasteiger partial charge in [-0.3, -0.25) is 14.9 Å². The Morgan fingerprint density at radius 3 is 2.71 bits per heavy atom. The van der Waals surface area contributed by atoms with Crippen molar-refractivity contribution < 1.29 is 14.8 Å². The lowest BCUT2D eigenvalue weighted by molar-refractivity contribution is -0.385. The summed E-state index contributed by atoms with van der Waals surface area (Å²) in [6.45, 7) is 1.91. The maximum Gasteiger partial charge on any atom is 0.320 e. The quantitative estimate of drug-likeness (QED) is 0.579. The molecule has 0 heterocycles. The molecule has 0 spiro atoms. The smallest absolute Gasteiger partial charge is 0.320 e. The number of hydrogen-bond donors (Lipinski definition) is 2. The summed E-state index contributed by atoms with van der Waals surface area (Å²) in [5.74, 6) is -0.953. The van der Waals surface area contributed by atoms with E-state index in [-0.39, 0.29) is 12.2 Å². The molecule has 6 nitrogen and oxygen atoms in total. The van der Waals surface area contributed by atoms with E-state index in [2.05, 4.69) is 5.32 Å². The van der Waals surface area contributed by atoms with Gasteiger partial charge in [0.25, 0.3) is 5.69 Å². The van der Waals surface area contributed by atoms with E-state index in [0.717, 1.165) is 0 Å². The van der Waals surface area contributed by atoms with Gasteiger partial charge in [-0.15, -0.1) is 0 Å². The van der Waals surface area contributed by atoms with E-state index >= 15 is 0 Å². The van der Waals surface area contributed by atoms with Crippen molar-refractivity contribution in [1.82, 2.24) is 5.32 Å². The molecular formula is C11H14N2O4.